The SMILES string of the molecule is COc1ccccc1C(CNC(=O)c1ccc(C2SCCS2)cc1)N1CCCC1. The van der Waals surface area contributed by atoms with Gasteiger partial charge in [-0.25, -0.2) is 0 Å². The third-order valence-electron chi connectivity index (χ3n) is 5.60. The molecule has 0 aromatic heterocycles. The summed E-state index contributed by atoms with van der Waals surface area (Å²) >= 11 is 3.97. The smallest absolute Gasteiger partial charge is 0.251 e. The van der Waals surface area contributed by atoms with Crippen LogP contribution in [0.25, 0.3) is 0 Å². The number of hydrogen-bond donors (Lipinski definition) is 1. The van der Waals surface area contributed by atoms with Crippen LogP contribution in [-0.4, -0.2) is 49.1 Å². The molecule has 2 aromatic rings. The zero-order valence-electron chi connectivity index (χ0n) is 16.8. The van der Waals surface area contributed by atoms with Crippen molar-refractivity contribution in [2.45, 2.75) is 23.5 Å². The molecule has 2 heterocycles. The number of nitrogens with one attached hydrogen (secondary N) is 1. The summed E-state index contributed by atoms with van der Waals surface area (Å²) in [6.07, 6.45) is 2.41. The second-order valence-corrected chi connectivity index (χ2v) is 10.1. The van der Waals surface area contributed by atoms with E-state index >= 15 is 0 Å². The Kier molecular flexibility index (Phi) is 7.06. The van der Waals surface area contributed by atoms with Crippen LogP contribution in [0.1, 0.15) is 45.0 Å². The number of likely N-dealkylation sites (tertiary alicyclic amines) is 1. The highest BCUT2D eigenvalue weighted by Crippen LogP contribution is 2.45. The summed E-state index contributed by atoms with van der Waals surface area (Å²) in [6, 6.07) is 16.4. The normalized spacial score (nSPS) is 18.7. The molecule has 0 radical (unpaired) electrons. The molecule has 0 saturated carbocycles. The van der Waals surface area contributed by atoms with Gasteiger partial charge < -0.3 is 10.1 Å². The Morgan fingerprint density at radius 3 is 2.48 bits per heavy atom. The van der Waals surface area contributed by atoms with Crippen molar-refractivity contribution in [2.24, 2.45) is 0 Å². The van der Waals surface area contributed by atoms with Gasteiger partial charge in [0.25, 0.3) is 5.91 Å². The van der Waals surface area contributed by atoms with Gasteiger partial charge in [-0.15, -0.1) is 23.5 Å². The van der Waals surface area contributed by atoms with Gasteiger partial charge in [-0.05, 0) is 49.7 Å². The largest absolute Gasteiger partial charge is 0.496 e. The van der Waals surface area contributed by atoms with Crippen LogP contribution in [0, 0.1) is 0 Å². The highest BCUT2D eigenvalue weighted by atomic mass is 32.2. The van der Waals surface area contributed by atoms with Crippen LogP contribution in [0.5, 0.6) is 5.75 Å². The van der Waals surface area contributed by atoms with Crippen LogP contribution < -0.4 is 10.1 Å². The maximum atomic E-state index is 12.8. The van der Waals surface area contributed by atoms with E-state index in [4.69, 9.17) is 4.74 Å². The van der Waals surface area contributed by atoms with Gasteiger partial charge in [-0.3, -0.25) is 9.69 Å². The number of amides is 1. The van der Waals surface area contributed by atoms with Crippen molar-refractivity contribution in [3.05, 3.63) is 65.2 Å². The lowest BCUT2D eigenvalue weighted by molar-refractivity contribution is 0.0937. The molecule has 0 aliphatic carbocycles. The van der Waals surface area contributed by atoms with Gasteiger partial charge in [-0.2, -0.15) is 0 Å². The van der Waals surface area contributed by atoms with E-state index in [0.717, 1.165) is 30.0 Å². The minimum absolute atomic E-state index is 0.0117. The van der Waals surface area contributed by atoms with Crippen molar-refractivity contribution in [1.82, 2.24) is 10.2 Å². The van der Waals surface area contributed by atoms with Gasteiger partial charge >= 0.3 is 0 Å². The summed E-state index contributed by atoms with van der Waals surface area (Å²) in [4.78, 5) is 15.3. The van der Waals surface area contributed by atoms with Gasteiger partial charge in [0, 0.05) is 29.2 Å². The molecule has 2 aliphatic rings. The number of nitrogens with zero attached hydrogens (tertiary/aromatic N) is 1. The predicted octanol–water partition coefficient (Wildman–Crippen LogP) is 4.74. The van der Waals surface area contributed by atoms with E-state index in [9.17, 15) is 4.79 Å². The number of carbonyl (C=O) groups excluding carboxylic acids is 1. The van der Waals surface area contributed by atoms with E-state index in [1.807, 2.05) is 53.9 Å². The summed E-state index contributed by atoms with van der Waals surface area (Å²) in [5.41, 5.74) is 3.17. The number of hydrogen-bond acceptors (Lipinski definition) is 5. The first kappa shape index (κ1) is 20.6. The van der Waals surface area contributed by atoms with Crippen molar-refractivity contribution in [2.75, 3.05) is 38.2 Å². The second-order valence-electron chi connectivity index (χ2n) is 7.41. The average Bonchev–Trinajstić information content (AvgIpc) is 3.49. The van der Waals surface area contributed by atoms with E-state index in [-0.39, 0.29) is 11.9 Å². The zero-order chi connectivity index (χ0) is 20.1. The summed E-state index contributed by atoms with van der Waals surface area (Å²) in [7, 11) is 1.71. The summed E-state index contributed by atoms with van der Waals surface area (Å²) in [6.45, 7) is 2.70. The Balaban J connectivity index is 1.44. The van der Waals surface area contributed by atoms with Gasteiger partial charge in [0.2, 0.25) is 0 Å². The van der Waals surface area contributed by atoms with E-state index in [2.05, 4.69) is 28.4 Å². The Labute approximate surface area is 181 Å². The minimum atomic E-state index is -0.0117. The average molecular weight is 429 g/mol. The number of para-hydroxylation sites is 1. The van der Waals surface area contributed by atoms with Crippen molar-refractivity contribution in [3.8, 4) is 5.75 Å². The van der Waals surface area contributed by atoms with Crippen LogP contribution >= 0.6 is 23.5 Å². The molecule has 0 bridgehead atoms. The van der Waals surface area contributed by atoms with E-state index in [0.29, 0.717) is 11.1 Å². The number of carbonyl (C=O) groups is 1. The maximum absolute atomic E-state index is 12.8. The molecule has 4 nitrogen and oxygen atoms in total. The third-order valence-corrected chi connectivity index (χ3v) is 8.71. The van der Waals surface area contributed by atoms with E-state index in [1.165, 1.54) is 29.9 Å². The van der Waals surface area contributed by atoms with Crippen LogP contribution in [0.4, 0.5) is 0 Å². The van der Waals surface area contributed by atoms with Crippen molar-refractivity contribution >= 4 is 29.4 Å². The standard InChI is InChI=1S/C23H28N2O2S2/c1-27-21-7-3-2-6-19(21)20(25-12-4-5-13-25)16-24-22(26)17-8-10-18(11-9-17)23-28-14-15-29-23/h2-3,6-11,20,23H,4-5,12-16H2,1H3,(H,24,26). The summed E-state index contributed by atoms with van der Waals surface area (Å²) in [5.74, 6) is 3.29. The third kappa shape index (κ3) is 4.93. The first-order chi connectivity index (χ1) is 14.3. The minimum Gasteiger partial charge on any atom is -0.496 e. The van der Waals surface area contributed by atoms with Gasteiger partial charge in [0.1, 0.15) is 5.75 Å². The van der Waals surface area contributed by atoms with Gasteiger partial charge in [0.05, 0.1) is 17.7 Å². The molecule has 2 fully saturated rings. The molecule has 2 saturated heterocycles. The van der Waals surface area contributed by atoms with Crippen molar-refractivity contribution < 1.29 is 9.53 Å². The summed E-state index contributed by atoms with van der Waals surface area (Å²) < 4.78 is 6.11. The number of benzene rings is 2. The van der Waals surface area contributed by atoms with Crippen LogP contribution in [-0.2, 0) is 0 Å². The number of thioether (sulfide) groups is 2. The lowest BCUT2D eigenvalue weighted by Crippen LogP contribution is -2.37. The maximum Gasteiger partial charge on any atom is 0.251 e. The Bertz CT molecular complexity index is 816. The van der Waals surface area contributed by atoms with Crippen molar-refractivity contribution in [1.29, 1.82) is 0 Å². The van der Waals surface area contributed by atoms with Gasteiger partial charge in [-0.1, -0.05) is 30.3 Å². The van der Waals surface area contributed by atoms with Gasteiger partial charge in [0.15, 0.2) is 0 Å². The molecular formula is C23H28N2O2S2. The molecule has 1 N–H and O–H groups in total. The first-order valence-corrected chi connectivity index (χ1v) is 12.3. The molecule has 0 spiro atoms. The van der Waals surface area contributed by atoms with Crippen LogP contribution in [0.15, 0.2) is 48.5 Å². The zero-order valence-corrected chi connectivity index (χ0v) is 18.4. The highest BCUT2D eigenvalue weighted by Gasteiger charge is 2.26. The summed E-state index contributed by atoms with van der Waals surface area (Å²) in [5, 5.41) is 3.17. The molecule has 1 unspecified atom stereocenters. The molecule has 154 valence electrons. The lowest BCUT2D eigenvalue weighted by atomic mass is 10.0. The molecule has 29 heavy (non-hydrogen) atoms. The Hall–Kier alpha value is -1.63. The van der Waals surface area contributed by atoms with Crippen LogP contribution in [0.3, 0.4) is 0 Å². The number of rotatable bonds is 7. The molecule has 2 aromatic carbocycles. The fourth-order valence-electron chi connectivity index (χ4n) is 4.06. The van der Waals surface area contributed by atoms with E-state index in [1.54, 1.807) is 7.11 Å². The van der Waals surface area contributed by atoms with E-state index < -0.39 is 0 Å². The molecule has 2 aliphatic heterocycles. The molecule has 1 atom stereocenters. The van der Waals surface area contributed by atoms with Crippen LogP contribution in [0.2, 0.25) is 0 Å². The molecule has 4 rings (SSSR count). The molecular weight excluding hydrogens is 400 g/mol. The second kappa shape index (κ2) is 9.92. The molecule has 6 heteroatoms. The Morgan fingerprint density at radius 1 is 1.10 bits per heavy atom. The first-order valence-electron chi connectivity index (χ1n) is 10.2. The Morgan fingerprint density at radius 2 is 1.79 bits per heavy atom. The fourth-order valence-corrected chi connectivity index (χ4v) is 6.92. The highest BCUT2D eigenvalue weighted by molar-refractivity contribution is 8.19. The number of methoxy groups -OCH3 is 1. The molecule has 1 amide bonds. The lowest BCUT2D eigenvalue weighted by Gasteiger charge is -2.29. The predicted molar refractivity (Wildman–Crippen MR) is 123 cm³/mol. The number of ether oxygens (including phenoxy) is 1. The fraction of sp³-hybridized carbons (Fsp3) is 0.435. The monoisotopic (exact) mass is 428 g/mol. The topological polar surface area (TPSA) is 41.6 Å². The van der Waals surface area contributed by atoms with Crippen molar-refractivity contribution in [3.63, 3.8) is 0 Å². The quantitative estimate of drug-likeness (QED) is 0.690.